The van der Waals surface area contributed by atoms with E-state index in [1.807, 2.05) is 25.1 Å². The van der Waals surface area contributed by atoms with Gasteiger partial charge in [-0.25, -0.2) is 4.79 Å². The number of esters is 1. The Hall–Kier alpha value is -1.22. The summed E-state index contributed by atoms with van der Waals surface area (Å²) >= 11 is 1.50. The molecule has 14 heavy (non-hydrogen) atoms. The molecule has 0 fully saturated rings. The van der Waals surface area contributed by atoms with Crippen molar-refractivity contribution in [3.8, 4) is 0 Å². The SMILES string of the molecule is COC(=O)C=CSc1cccc(C)c1. The molecule has 0 aliphatic carbocycles. The molecule has 0 aliphatic heterocycles. The lowest BCUT2D eigenvalue weighted by Crippen LogP contribution is -1.92. The van der Waals surface area contributed by atoms with Crippen molar-refractivity contribution in [2.24, 2.45) is 0 Å². The van der Waals surface area contributed by atoms with Gasteiger partial charge in [0.15, 0.2) is 0 Å². The lowest BCUT2D eigenvalue weighted by molar-refractivity contribution is -0.134. The van der Waals surface area contributed by atoms with Gasteiger partial charge >= 0.3 is 5.97 Å². The Morgan fingerprint density at radius 1 is 1.50 bits per heavy atom. The van der Waals surface area contributed by atoms with Gasteiger partial charge in [0.05, 0.1) is 7.11 Å². The third-order valence-corrected chi connectivity index (χ3v) is 2.40. The van der Waals surface area contributed by atoms with Crippen LogP contribution in [0.5, 0.6) is 0 Å². The average molecular weight is 208 g/mol. The molecule has 0 heterocycles. The maximum absolute atomic E-state index is 10.7. The van der Waals surface area contributed by atoms with Gasteiger partial charge < -0.3 is 4.74 Å². The molecule has 0 N–H and O–H groups in total. The largest absolute Gasteiger partial charge is 0.466 e. The molecular weight excluding hydrogens is 196 g/mol. The summed E-state index contributed by atoms with van der Waals surface area (Å²) in [6.07, 6.45) is 1.41. The highest BCUT2D eigenvalue weighted by atomic mass is 32.2. The van der Waals surface area contributed by atoms with E-state index >= 15 is 0 Å². The zero-order valence-electron chi connectivity index (χ0n) is 8.19. The van der Waals surface area contributed by atoms with Crippen LogP contribution in [0, 0.1) is 6.92 Å². The van der Waals surface area contributed by atoms with Crippen LogP contribution in [-0.2, 0) is 9.53 Å². The highest BCUT2D eigenvalue weighted by Gasteiger charge is 1.92. The minimum atomic E-state index is -0.329. The first-order valence-electron chi connectivity index (χ1n) is 4.20. The lowest BCUT2D eigenvalue weighted by atomic mass is 10.2. The van der Waals surface area contributed by atoms with Gasteiger partial charge in [-0.3, -0.25) is 0 Å². The monoisotopic (exact) mass is 208 g/mol. The van der Waals surface area contributed by atoms with Crippen LogP contribution in [0.15, 0.2) is 40.6 Å². The number of thioether (sulfide) groups is 1. The van der Waals surface area contributed by atoms with Crippen molar-refractivity contribution in [2.45, 2.75) is 11.8 Å². The molecule has 1 rings (SSSR count). The van der Waals surface area contributed by atoms with Crippen LogP contribution >= 0.6 is 11.8 Å². The number of carbonyl (C=O) groups is 1. The summed E-state index contributed by atoms with van der Waals surface area (Å²) in [5, 5.41) is 1.72. The van der Waals surface area contributed by atoms with E-state index in [-0.39, 0.29) is 5.97 Å². The van der Waals surface area contributed by atoms with Crippen LogP contribution in [0.4, 0.5) is 0 Å². The van der Waals surface area contributed by atoms with E-state index in [9.17, 15) is 4.79 Å². The summed E-state index contributed by atoms with van der Waals surface area (Å²) in [5.41, 5.74) is 1.21. The molecule has 1 aromatic rings. The molecule has 0 spiro atoms. The Labute approximate surface area is 88.0 Å². The highest BCUT2D eigenvalue weighted by molar-refractivity contribution is 8.02. The quantitative estimate of drug-likeness (QED) is 0.434. The van der Waals surface area contributed by atoms with Crippen LogP contribution < -0.4 is 0 Å². The van der Waals surface area contributed by atoms with E-state index in [4.69, 9.17) is 0 Å². The number of carbonyl (C=O) groups excluding carboxylic acids is 1. The molecule has 0 unspecified atom stereocenters. The molecule has 0 atom stereocenters. The zero-order chi connectivity index (χ0) is 10.4. The van der Waals surface area contributed by atoms with Crippen molar-refractivity contribution in [2.75, 3.05) is 7.11 Å². The lowest BCUT2D eigenvalue weighted by Gasteiger charge is -1.96. The fourth-order valence-corrected chi connectivity index (χ4v) is 1.67. The predicted molar refractivity (Wildman–Crippen MR) is 58.2 cm³/mol. The summed E-state index contributed by atoms with van der Waals surface area (Å²) in [6, 6.07) is 8.09. The minimum Gasteiger partial charge on any atom is -0.466 e. The van der Waals surface area contributed by atoms with Crippen molar-refractivity contribution < 1.29 is 9.53 Å². The number of aryl methyl sites for hydroxylation is 1. The summed E-state index contributed by atoms with van der Waals surface area (Å²) in [7, 11) is 1.37. The van der Waals surface area contributed by atoms with Crippen molar-refractivity contribution >= 4 is 17.7 Å². The smallest absolute Gasteiger partial charge is 0.330 e. The van der Waals surface area contributed by atoms with E-state index < -0.39 is 0 Å². The molecule has 2 nitrogen and oxygen atoms in total. The number of rotatable bonds is 3. The van der Waals surface area contributed by atoms with Crippen LogP contribution in [0.3, 0.4) is 0 Å². The van der Waals surface area contributed by atoms with Gasteiger partial charge in [-0.05, 0) is 24.5 Å². The fraction of sp³-hybridized carbons (Fsp3) is 0.182. The fourth-order valence-electron chi connectivity index (χ4n) is 0.925. The highest BCUT2D eigenvalue weighted by Crippen LogP contribution is 2.19. The van der Waals surface area contributed by atoms with Crippen LogP contribution in [0.25, 0.3) is 0 Å². The van der Waals surface area contributed by atoms with E-state index in [2.05, 4.69) is 10.8 Å². The van der Waals surface area contributed by atoms with Gasteiger partial charge in [0, 0.05) is 11.0 Å². The van der Waals surface area contributed by atoms with Crippen molar-refractivity contribution in [1.29, 1.82) is 0 Å². The van der Waals surface area contributed by atoms with Gasteiger partial charge in [0.1, 0.15) is 0 Å². The molecule has 0 amide bonds. The average Bonchev–Trinajstić information content (AvgIpc) is 2.17. The molecule has 0 aromatic heterocycles. The second kappa shape index (κ2) is 5.50. The van der Waals surface area contributed by atoms with Crippen LogP contribution in [0.2, 0.25) is 0 Å². The van der Waals surface area contributed by atoms with E-state index in [0.29, 0.717) is 0 Å². The van der Waals surface area contributed by atoms with Crippen molar-refractivity contribution in [1.82, 2.24) is 0 Å². The summed E-state index contributed by atoms with van der Waals surface area (Å²) < 4.78 is 4.47. The molecule has 0 saturated carbocycles. The number of ether oxygens (including phenoxy) is 1. The second-order valence-corrected chi connectivity index (χ2v) is 3.74. The van der Waals surface area contributed by atoms with Crippen LogP contribution in [-0.4, -0.2) is 13.1 Å². The maximum atomic E-state index is 10.7. The minimum absolute atomic E-state index is 0.329. The molecule has 0 aliphatic rings. The van der Waals surface area contributed by atoms with E-state index in [1.54, 1.807) is 5.41 Å². The Kier molecular flexibility index (Phi) is 4.26. The zero-order valence-corrected chi connectivity index (χ0v) is 9.01. The summed E-state index contributed by atoms with van der Waals surface area (Å²) in [6.45, 7) is 2.04. The molecule has 0 bridgehead atoms. The number of benzene rings is 1. The number of hydrogen-bond donors (Lipinski definition) is 0. The maximum Gasteiger partial charge on any atom is 0.330 e. The number of methoxy groups -OCH3 is 1. The van der Waals surface area contributed by atoms with Gasteiger partial charge in [-0.1, -0.05) is 29.5 Å². The first-order valence-corrected chi connectivity index (χ1v) is 5.08. The van der Waals surface area contributed by atoms with Gasteiger partial charge in [-0.15, -0.1) is 0 Å². The normalized spacial score (nSPS) is 10.4. The topological polar surface area (TPSA) is 26.3 Å². The van der Waals surface area contributed by atoms with Crippen LogP contribution in [0.1, 0.15) is 5.56 Å². The Morgan fingerprint density at radius 2 is 2.29 bits per heavy atom. The second-order valence-electron chi connectivity index (χ2n) is 2.76. The molecule has 1 aromatic carbocycles. The van der Waals surface area contributed by atoms with E-state index in [0.717, 1.165) is 4.90 Å². The predicted octanol–water partition coefficient (Wildman–Crippen LogP) is 2.77. The third-order valence-electron chi connectivity index (χ3n) is 1.60. The first-order chi connectivity index (χ1) is 6.72. The molecule has 74 valence electrons. The summed E-state index contributed by atoms with van der Waals surface area (Å²) in [5.74, 6) is -0.329. The van der Waals surface area contributed by atoms with Gasteiger partial charge in [0.25, 0.3) is 0 Å². The van der Waals surface area contributed by atoms with E-state index in [1.165, 1.54) is 30.5 Å². The molecule has 0 radical (unpaired) electrons. The van der Waals surface area contributed by atoms with Crippen molar-refractivity contribution in [3.05, 3.63) is 41.3 Å². The van der Waals surface area contributed by atoms with Gasteiger partial charge in [-0.2, -0.15) is 0 Å². The summed E-state index contributed by atoms with van der Waals surface area (Å²) in [4.78, 5) is 11.9. The molecule has 0 saturated heterocycles. The van der Waals surface area contributed by atoms with Crippen molar-refractivity contribution in [3.63, 3.8) is 0 Å². The van der Waals surface area contributed by atoms with Gasteiger partial charge in [0.2, 0.25) is 0 Å². The third kappa shape index (κ3) is 3.66. The molecular formula is C11H12O2S. The first kappa shape index (κ1) is 10.9. The Balaban J connectivity index is 2.53. The Morgan fingerprint density at radius 3 is 2.93 bits per heavy atom. The Bertz CT molecular complexity index is 345. The molecule has 3 heteroatoms. The number of hydrogen-bond acceptors (Lipinski definition) is 3. The standard InChI is InChI=1S/C11H12O2S/c1-9-4-3-5-10(8-9)14-7-6-11(12)13-2/h3-8H,1-2H3.